The summed E-state index contributed by atoms with van der Waals surface area (Å²) < 4.78 is 25.6. The zero-order chi connectivity index (χ0) is 15.6. The lowest BCUT2D eigenvalue weighted by atomic mass is 9.81. The van der Waals surface area contributed by atoms with Crippen LogP contribution in [0.3, 0.4) is 0 Å². The Balaban J connectivity index is 2.19. The second-order valence-corrected chi connectivity index (χ2v) is 6.45. The number of carbonyl (C=O) groups excluding carboxylic acids is 2. The molecular weight excluding hydrogens is 278 g/mol. The molecule has 0 bridgehead atoms. The molecule has 1 saturated carbocycles. The van der Waals surface area contributed by atoms with Crippen molar-refractivity contribution in [3.63, 3.8) is 0 Å². The molecule has 6 heteroatoms. The van der Waals surface area contributed by atoms with Gasteiger partial charge in [0, 0.05) is 0 Å². The molecule has 2 atom stereocenters. The molecule has 1 heterocycles. The van der Waals surface area contributed by atoms with Crippen LogP contribution >= 0.6 is 0 Å². The number of carbonyl (C=O) groups is 2. The van der Waals surface area contributed by atoms with Crippen LogP contribution in [0.5, 0.6) is 0 Å². The van der Waals surface area contributed by atoms with Gasteiger partial charge in [-0.25, -0.2) is 8.78 Å². The number of halogens is 2. The molecule has 1 saturated heterocycles. The maximum Gasteiger partial charge on any atom is 0.255 e. The van der Waals surface area contributed by atoms with E-state index in [1.165, 1.54) is 0 Å². The molecule has 0 aromatic carbocycles. The van der Waals surface area contributed by atoms with E-state index >= 15 is 0 Å². The Kier molecular flexibility index (Phi) is 5.17. The monoisotopic (exact) mass is 302 g/mol. The van der Waals surface area contributed by atoms with Crippen LogP contribution in [0.1, 0.15) is 46.0 Å². The summed E-state index contributed by atoms with van der Waals surface area (Å²) in [5.74, 6) is -0.718. The van der Waals surface area contributed by atoms with Gasteiger partial charge in [-0.3, -0.25) is 9.59 Å². The largest absolute Gasteiger partial charge is 0.342 e. The fraction of sp³-hybridized carbons (Fsp3) is 0.867. The predicted octanol–water partition coefficient (Wildman–Crippen LogP) is 2.18. The van der Waals surface area contributed by atoms with Gasteiger partial charge in [-0.2, -0.15) is 0 Å². The highest BCUT2D eigenvalue weighted by molar-refractivity contribution is 5.97. The van der Waals surface area contributed by atoms with Crippen molar-refractivity contribution in [2.45, 2.75) is 64.5 Å². The summed E-state index contributed by atoms with van der Waals surface area (Å²) in [6, 6.07) is -1.40. The quantitative estimate of drug-likeness (QED) is 0.865. The third-order valence-corrected chi connectivity index (χ3v) is 4.54. The van der Waals surface area contributed by atoms with Gasteiger partial charge in [-0.15, -0.1) is 0 Å². The van der Waals surface area contributed by atoms with Crippen LogP contribution in [-0.4, -0.2) is 41.8 Å². The smallest absolute Gasteiger partial charge is 0.255 e. The van der Waals surface area contributed by atoms with Gasteiger partial charge in [-0.1, -0.05) is 33.1 Å². The molecule has 2 rings (SSSR count). The first kappa shape index (κ1) is 16.2. The lowest BCUT2D eigenvalue weighted by molar-refractivity contribution is -0.155. The minimum atomic E-state index is -2.62. The highest BCUT2D eigenvalue weighted by Crippen LogP contribution is 2.30. The van der Waals surface area contributed by atoms with E-state index in [1.807, 2.05) is 0 Å². The van der Waals surface area contributed by atoms with E-state index in [-0.39, 0.29) is 23.7 Å². The molecule has 1 N–H and O–H groups in total. The number of rotatable bonds is 4. The minimum absolute atomic E-state index is 0.0866. The maximum atomic E-state index is 12.8. The van der Waals surface area contributed by atoms with Gasteiger partial charge < -0.3 is 10.2 Å². The van der Waals surface area contributed by atoms with Gasteiger partial charge in [-0.05, 0) is 24.7 Å². The zero-order valence-electron chi connectivity index (χ0n) is 12.6. The number of nitrogens with one attached hydrogen (secondary N) is 1. The summed E-state index contributed by atoms with van der Waals surface area (Å²) in [4.78, 5) is 26.0. The second-order valence-electron chi connectivity index (χ2n) is 6.45. The van der Waals surface area contributed by atoms with Crippen LogP contribution in [0.25, 0.3) is 0 Å². The van der Waals surface area contributed by atoms with Crippen molar-refractivity contribution in [3.05, 3.63) is 0 Å². The molecule has 1 aliphatic carbocycles. The first-order valence-electron chi connectivity index (χ1n) is 7.80. The van der Waals surface area contributed by atoms with Gasteiger partial charge in [0.15, 0.2) is 0 Å². The van der Waals surface area contributed by atoms with E-state index in [1.54, 1.807) is 13.8 Å². The fourth-order valence-corrected chi connectivity index (χ4v) is 3.56. The lowest BCUT2D eigenvalue weighted by Crippen LogP contribution is -2.67. The predicted molar refractivity (Wildman–Crippen MR) is 74.8 cm³/mol. The van der Waals surface area contributed by atoms with Crippen molar-refractivity contribution in [2.75, 3.05) is 6.54 Å². The van der Waals surface area contributed by atoms with Crippen molar-refractivity contribution in [2.24, 2.45) is 11.8 Å². The molecule has 1 aliphatic heterocycles. The van der Waals surface area contributed by atoms with Crippen molar-refractivity contribution in [1.29, 1.82) is 0 Å². The fourth-order valence-electron chi connectivity index (χ4n) is 3.56. The Morgan fingerprint density at radius 1 is 1.19 bits per heavy atom. The average Bonchev–Trinajstić information content (AvgIpc) is 2.42. The molecular formula is C15H24F2N2O2. The molecule has 0 aromatic heterocycles. The van der Waals surface area contributed by atoms with Crippen molar-refractivity contribution >= 4 is 11.8 Å². The SMILES string of the molecule is CC(C)C1C(=O)NC(C2CCCCC2)C(=O)N1CC(F)F. The maximum absolute atomic E-state index is 12.8. The van der Waals surface area contributed by atoms with Crippen molar-refractivity contribution in [3.8, 4) is 0 Å². The second kappa shape index (κ2) is 6.71. The molecule has 2 aliphatic rings. The molecule has 0 radical (unpaired) electrons. The minimum Gasteiger partial charge on any atom is -0.342 e. The van der Waals surface area contributed by atoms with Crippen molar-refractivity contribution in [1.82, 2.24) is 10.2 Å². The topological polar surface area (TPSA) is 49.4 Å². The molecule has 2 amide bonds. The first-order valence-corrected chi connectivity index (χ1v) is 7.80. The summed E-state index contributed by atoms with van der Waals surface area (Å²) in [5, 5.41) is 2.80. The number of hydrogen-bond acceptors (Lipinski definition) is 2. The summed E-state index contributed by atoms with van der Waals surface area (Å²) in [7, 11) is 0. The lowest BCUT2D eigenvalue weighted by Gasteiger charge is -2.43. The van der Waals surface area contributed by atoms with Gasteiger partial charge in [0.25, 0.3) is 6.43 Å². The number of alkyl halides is 2. The van der Waals surface area contributed by atoms with Crippen LogP contribution in [0.15, 0.2) is 0 Å². The highest BCUT2D eigenvalue weighted by atomic mass is 19.3. The zero-order valence-corrected chi connectivity index (χ0v) is 12.6. The molecule has 2 unspecified atom stereocenters. The van der Waals surface area contributed by atoms with E-state index in [0.717, 1.165) is 37.0 Å². The molecule has 0 spiro atoms. The number of amides is 2. The summed E-state index contributed by atoms with van der Waals surface area (Å²) in [6.45, 7) is 2.90. The van der Waals surface area contributed by atoms with Gasteiger partial charge >= 0.3 is 0 Å². The van der Waals surface area contributed by atoms with Crippen LogP contribution in [0.4, 0.5) is 8.78 Å². The summed E-state index contributed by atoms with van der Waals surface area (Å²) in [6.07, 6.45) is 2.35. The molecule has 2 fully saturated rings. The summed E-state index contributed by atoms with van der Waals surface area (Å²) >= 11 is 0. The van der Waals surface area contributed by atoms with E-state index in [0.29, 0.717) is 0 Å². The van der Waals surface area contributed by atoms with E-state index in [2.05, 4.69) is 5.32 Å². The first-order chi connectivity index (χ1) is 9.91. The number of hydrogen-bond donors (Lipinski definition) is 1. The number of piperazine rings is 1. The van der Waals surface area contributed by atoms with Crippen molar-refractivity contribution < 1.29 is 18.4 Å². The van der Waals surface area contributed by atoms with E-state index in [4.69, 9.17) is 0 Å². The van der Waals surface area contributed by atoms with Gasteiger partial charge in [0.05, 0.1) is 6.54 Å². The standard InChI is InChI=1S/C15H24F2N2O2/c1-9(2)13-14(20)18-12(10-6-4-3-5-7-10)15(21)19(13)8-11(16)17/h9-13H,3-8H2,1-2H3,(H,18,20). The third kappa shape index (κ3) is 3.52. The van der Waals surface area contributed by atoms with Crippen LogP contribution < -0.4 is 5.32 Å². The Hall–Kier alpha value is -1.20. The summed E-state index contributed by atoms with van der Waals surface area (Å²) in [5.41, 5.74) is 0. The van der Waals surface area contributed by atoms with Gasteiger partial charge in [0.2, 0.25) is 11.8 Å². The van der Waals surface area contributed by atoms with Crippen LogP contribution in [0.2, 0.25) is 0 Å². The third-order valence-electron chi connectivity index (χ3n) is 4.54. The molecule has 120 valence electrons. The molecule has 4 nitrogen and oxygen atoms in total. The van der Waals surface area contributed by atoms with Crippen LogP contribution in [0, 0.1) is 11.8 Å². The molecule has 21 heavy (non-hydrogen) atoms. The van der Waals surface area contributed by atoms with E-state index in [9.17, 15) is 18.4 Å². The Morgan fingerprint density at radius 3 is 2.33 bits per heavy atom. The Labute approximate surface area is 124 Å². The number of nitrogens with zero attached hydrogens (tertiary/aromatic N) is 1. The Morgan fingerprint density at radius 2 is 1.81 bits per heavy atom. The molecule has 0 aromatic rings. The highest BCUT2D eigenvalue weighted by Gasteiger charge is 2.45. The van der Waals surface area contributed by atoms with E-state index < -0.39 is 25.1 Å². The Bertz CT molecular complexity index is 395. The average molecular weight is 302 g/mol. The normalized spacial score (nSPS) is 28.4. The van der Waals surface area contributed by atoms with Gasteiger partial charge in [0.1, 0.15) is 12.1 Å². The van der Waals surface area contributed by atoms with Crippen LogP contribution in [-0.2, 0) is 9.59 Å².